The topological polar surface area (TPSA) is 33.0 Å². The first-order valence-corrected chi connectivity index (χ1v) is 9.92. The van der Waals surface area contributed by atoms with E-state index in [1.54, 1.807) is 0 Å². The Balaban J connectivity index is 2.55. The van der Waals surface area contributed by atoms with Crippen LogP contribution in [0.5, 0.6) is 5.75 Å². The van der Waals surface area contributed by atoms with Gasteiger partial charge in [0.05, 0.1) is 16.1 Å². The molecule has 0 fully saturated rings. The summed E-state index contributed by atoms with van der Waals surface area (Å²) in [6.45, 7) is 6.47. The second-order valence-electron chi connectivity index (χ2n) is 5.14. The Morgan fingerprint density at radius 2 is 1.89 bits per heavy atom. The highest BCUT2D eigenvalue weighted by atomic mass is 79.9. The summed E-state index contributed by atoms with van der Waals surface area (Å²) in [6.07, 6.45) is 0. The molecule has 18 heavy (non-hydrogen) atoms. The summed E-state index contributed by atoms with van der Waals surface area (Å²) in [6, 6.07) is 11.8. The molecule has 0 bridgehead atoms. The summed E-state index contributed by atoms with van der Waals surface area (Å²) >= 11 is 3.60. The highest BCUT2D eigenvalue weighted by molar-refractivity contribution is 9.10. The predicted molar refractivity (Wildman–Crippen MR) is 80.3 cm³/mol. The Morgan fingerprint density at radius 3 is 2.50 bits per heavy atom. The summed E-state index contributed by atoms with van der Waals surface area (Å²) < 4.78 is 6.99. The molecule has 0 aliphatic heterocycles. The Kier molecular flexibility index (Phi) is 3.46. The Labute approximate surface area is 116 Å². The van der Waals surface area contributed by atoms with Gasteiger partial charge in [0, 0.05) is 0 Å². The molecule has 2 aromatic rings. The van der Waals surface area contributed by atoms with Crippen molar-refractivity contribution in [1.82, 2.24) is 0 Å². The van der Waals surface area contributed by atoms with Gasteiger partial charge in [-0.05, 0) is 64.5 Å². The smallest absolute Gasteiger partial charge is 0.242 e. The minimum Gasteiger partial charge on any atom is -0.544 e. The Morgan fingerprint density at radius 1 is 1.17 bits per heavy atom. The fourth-order valence-electron chi connectivity index (χ4n) is 1.75. The van der Waals surface area contributed by atoms with Gasteiger partial charge in [0.1, 0.15) is 5.75 Å². The third kappa shape index (κ3) is 2.74. The number of hydrogen-bond donors (Lipinski definition) is 0. The van der Waals surface area contributed by atoms with E-state index >= 15 is 0 Å². The minimum absolute atomic E-state index is 0.674. The van der Waals surface area contributed by atoms with Crippen molar-refractivity contribution >= 4 is 35.0 Å². The van der Waals surface area contributed by atoms with Gasteiger partial charge in [-0.3, -0.25) is 0 Å². The molecule has 0 N–H and O–H groups in total. The van der Waals surface area contributed by atoms with Crippen molar-refractivity contribution in [2.75, 3.05) is 0 Å². The summed E-state index contributed by atoms with van der Waals surface area (Å²) in [5.74, 6) is 0.881. The molecular formula is C14H14BrNOSi. The first kappa shape index (κ1) is 13.1. The van der Waals surface area contributed by atoms with Crippen LogP contribution in [0, 0.1) is 11.3 Å². The zero-order valence-electron chi connectivity index (χ0n) is 10.6. The van der Waals surface area contributed by atoms with Crippen LogP contribution in [-0.2, 0) is 0 Å². The van der Waals surface area contributed by atoms with Gasteiger partial charge in [0.25, 0.3) is 0 Å². The number of halogens is 1. The van der Waals surface area contributed by atoms with Crippen LogP contribution in [0.4, 0.5) is 0 Å². The fraction of sp³-hybridized carbons (Fsp3) is 0.214. The summed E-state index contributed by atoms with van der Waals surface area (Å²) in [5.41, 5.74) is 0.674. The van der Waals surface area contributed by atoms with Crippen LogP contribution in [-0.4, -0.2) is 8.32 Å². The number of fused-ring (bicyclic) bond motifs is 1. The first-order chi connectivity index (χ1) is 8.40. The highest BCUT2D eigenvalue weighted by Crippen LogP contribution is 2.34. The molecule has 0 unspecified atom stereocenters. The lowest BCUT2D eigenvalue weighted by Crippen LogP contribution is -2.29. The zero-order chi connectivity index (χ0) is 13.3. The number of hydrogen-bond acceptors (Lipinski definition) is 2. The maximum atomic E-state index is 8.89. The summed E-state index contributed by atoms with van der Waals surface area (Å²) in [5, 5.41) is 11.0. The second-order valence-corrected chi connectivity index (χ2v) is 10.4. The van der Waals surface area contributed by atoms with E-state index in [2.05, 4.69) is 41.6 Å². The SMILES string of the molecule is C[Si](C)(C)Oc1ccc2cc(C#N)ccc2c1Br. The predicted octanol–water partition coefficient (Wildman–Crippen LogP) is 4.69. The molecule has 4 heteroatoms. The molecule has 0 aromatic heterocycles. The van der Waals surface area contributed by atoms with Crippen molar-refractivity contribution in [2.24, 2.45) is 0 Å². The Bertz CT molecular complexity index is 641. The van der Waals surface area contributed by atoms with Gasteiger partial charge in [-0.2, -0.15) is 5.26 Å². The number of nitrogens with zero attached hydrogens (tertiary/aromatic N) is 1. The van der Waals surface area contributed by atoms with Gasteiger partial charge in [0.15, 0.2) is 0 Å². The molecule has 0 saturated heterocycles. The molecule has 0 aliphatic carbocycles. The lowest BCUT2D eigenvalue weighted by molar-refractivity contribution is 0.555. The van der Waals surface area contributed by atoms with Gasteiger partial charge < -0.3 is 4.43 Å². The Hall–Kier alpha value is -1.31. The first-order valence-electron chi connectivity index (χ1n) is 5.72. The van der Waals surface area contributed by atoms with Crippen LogP contribution in [0.25, 0.3) is 10.8 Å². The molecular weight excluding hydrogens is 306 g/mol. The molecule has 0 amide bonds. The lowest BCUT2D eigenvalue weighted by atomic mass is 10.1. The van der Waals surface area contributed by atoms with Crippen molar-refractivity contribution < 1.29 is 4.43 Å². The largest absolute Gasteiger partial charge is 0.544 e. The van der Waals surface area contributed by atoms with E-state index in [0.717, 1.165) is 21.0 Å². The van der Waals surface area contributed by atoms with E-state index in [-0.39, 0.29) is 0 Å². The van der Waals surface area contributed by atoms with Crippen molar-refractivity contribution in [3.63, 3.8) is 0 Å². The molecule has 92 valence electrons. The van der Waals surface area contributed by atoms with Crippen molar-refractivity contribution in [3.8, 4) is 11.8 Å². The zero-order valence-corrected chi connectivity index (χ0v) is 13.2. The van der Waals surface area contributed by atoms with E-state index in [1.165, 1.54) is 0 Å². The van der Waals surface area contributed by atoms with Gasteiger partial charge >= 0.3 is 0 Å². The standard InChI is InChI=1S/C14H14BrNOSi/c1-18(2,3)17-13-7-5-11-8-10(9-16)4-6-12(11)14(13)15/h4-8H,1-3H3. The maximum absolute atomic E-state index is 8.89. The van der Waals surface area contributed by atoms with E-state index in [0.29, 0.717) is 5.56 Å². The minimum atomic E-state index is -1.62. The van der Waals surface area contributed by atoms with Crippen LogP contribution in [0.2, 0.25) is 19.6 Å². The monoisotopic (exact) mass is 319 g/mol. The molecule has 2 aromatic carbocycles. The van der Waals surface area contributed by atoms with Gasteiger partial charge in [-0.25, -0.2) is 0 Å². The van der Waals surface area contributed by atoms with Gasteiger partial charge in [-0.15, -0.1) is 0 Å². The molecule has 2 rings (SSSR count). The molecule has 2 nitrogen and oxygen atoms in total. The highest BCUT2D eigenvalue weighted by Gasteiger charge is 2.18. The third-order valence-corrected chi connectivity index (χ3v) is 4.11. The van der Waals surface area contributed by atoms with E-state index < -0.39 is 8.32 Å². The number of benzene rings is 2. The maximum Gasteiger partial charge on any atom is 0.242 e. The van der Waals surface area contributed by atoms with E-state index in [9.17, 15) is 0 Å². The van der Waals surface area contributed by atoms with Crippen LogP contribution in [0.15, 0.2) is 34.8 Å². The quantitative estimate of drug-likeness (QED) is 0.752. The van der Waals surface area contributed by atoms with Gasteiger partial charge in [-0.1, -0.05) is 12.1 Å². The fourth-order valence-corrected chi connectivity index (χ4v) is 3.30. The average Bonchev–Trinajstić information content (AvgIpc) is 2.31. The summed E-state index contributed by atoms with van der Waals surface area (Å²) in [4.78, 5) is 0. The van der Waals surface area contributed by atoms with Crippen LogP contribution in [0.3, 0.4) is 0 Å². The van der Waals surface area contributed by atoms with Crippen molar-refractivity contribution in [1.29, 1.82) is 5.26 Å². The molecule has 0 atom stereocenters. The average molecular weight is 320 g/mol. The molecule has 0 spiro atoms. The van der Waals surface area contributed by atoms with Crippen LogP contribution >= 0.6 is 15.9 Å². The van der Waals surface area contributed by atoms with Gasteiger partial charge in [0.2, 0.25) is 8.32 Å². The van der Waals surface area contributed by atoms with Crippen LogP contribution in [0.1, 0.15) is 5.56 Å². The third-order valence-electron chi connectivity index (χ3n) is 2.46. The lowest BCUT2D eigenvalue weighted by Gasteiger charge is -2.21. The number of nitriles is 1. The van der Waals surface area contributed by atoms with E-state index in [1.807, 2.05) is 30.3 Å². The second kappa shape index (κ2) is 4.75. The van der Waals surface area contributed by atoms with Crippen molar-refractivity contribution in [3.05, 3.63) is 40.4 Å². The molecule has 0 saturated carbocycles. The van der Waals surface area contributed by atoms with Crippen LogP contribution < -0.4 is 4.43 Å². The normalized spacial score (nSPS) is 11.3. The van der Waals surface area contributed by atoms with E-state index in [4.69, 9.17) is 9.69 Å². The molecule has 0 heterocycles. The number of rotatable bonds is 2. The summed E-state index contributed by atoms with van der Waals surface area (Å²) in [7, 11) is -1.62. The van der Waals surface area contributed by atoms with Crippen molar-refractivity contribution in [2.45, 2.75) is 19.6 Å². The molecule has 0 aliphatic rings. The molecule has 0 radical (unpaired) electrons.